The van der Waals surface area contributed by atoms with Gasteiger partial charge in [-0.05, 0) is 85.4 Å². The van der Waals surface area contributed by atoms with E-state index in [0.717, 1.165) is 18.3 Å². The largest absolute Gasteiger partial charge is 0.387 e. The van der Waals surface area contributed by atoms with Gasteiger partial charge in [0.2, 0.25) is 0 Å². The summed E-state index contributed by atoms with van der Waals surface area (Å²) >= 11 is 0. The summed E-state index contributed by atoms with van der Waals surface area (Å²) in [7, 11) is 1.75. The molecule has 2 nitrogen and oxygen atoms in total. The van der Waals surface area contributed by atoms with E-state index in [1.165, 1.54) is 51.4 Å². The molecule has 132 valence electrons. The Hall–Kier alpha value is -0.0800. The van der Waals surface area contributed by atoms with Crippen LogP contribution in [-0.4, -0.2) is 24.4 Å². The molecule has 4 aliphatic carbocycles. The first-order valence-corrected chi connectivity index (χ1v) is 9.97. The van der Waals surface area contributed by atoms with E-state index in [4.69, 9.17) is 4.74 Å². The van der Waals surface area contributed by atoms with Gasteiger partial charge >= 0.3 is 0 Å². The molecule has 0 radical (unpaired) electrons. The van der Waals surface area contributed by atoms with Crippen LogP contribution >= 0.6 is 0 Å². The zero-order valence-corrected chi connectivity index (χ0v) is 15.7. The van der Waals surface area contributed by atoms with E-state index in [1.54, 1.807) is 7.11 Å². The summed E-state index contributed by atoms with van der Waals surface area (Å²) in [5, 5.41) is 11.3. The van der Waals surface area contributed by atoms with Gasteiger partial charge in [0.25, 0.3) is 0 Å². The normalized spacial score (nSPS) is 54.4. The van der Waals surface area contributed by atoms with Gasteiger partial charge in [0.05, 0.1) is 12.2 Å². The van der Waals surface area contributed by atoms with Gasteiger partial charge in [0.1, 0.15) is 0 Å². The lowest BCUT2D eigenvalue weighted by Gasteiger charge is -2.64. The first-order chi connectivity index (χ1) is 10.8. The Morgan fingerprint density at radius 2 is 1.78 bits per heavy atom. The van der Waals surface area contributed by atoms with Gasteiger partial charge in [-0.2, -0.15) is 0 Å². The predicted octanol–water partition coefficient (Wildman–Crippen LogP) is 4.80. The zero-order chi connectivity index (χ0) is 16.5. The first-order valence-electron chi connectivity index (χ1n) is 9.97. The van der Waals surface area contributed by atoms with E-state index in [0.29, 0.717) is 28.8 Å². The van der Waals surface area contributed by atoms with E-state index in [1.807, 2.05) is 0 Å². The predicted molar refractivity (Wildman–Crippen MR) is 93.2 cm³/mol. The molecule has 0 unspecified atom stereocenters. The SMILES string of the molecule is COC[C@]1(O)C[C@@]23CC[C@@H]4C(C)(C)CCC[C@@]4(C)[C@@H]2CC[C@@H]1C3. The summed E-state index contributed by atoms with van der Waals surface area (Å²) in [5.41, 5.74) is 0.877. The van der Waals surface area contributed by atoms with Gasteiger partial charge in [-0.3, -0.25) is 0 Å². The molecular formula is C21H36O2. The Kier molecular flexibility index (Phi) is 3.54. The second-order valence-corrected chi connectivity index (χ2v) is 10.5. The van der Waals surface area contributed by atoms with Crippen molar-refractivity contribution in [2.75, 3.05) is 13.7 Å². The highest BCUT2D eigenvalue weighted by molar-refractivity contribution is 5.16. The summed E-state index contributed by atoms with van der Waals surface area (Å²) in [4.78, 5) is 0. The molecule has 4 aliphatic rings. The second-order valence-electron chi connectivity index (χ2n) is 10.5. The molecule has 4 rings (SSSR count). The number of methoxy groups -OCH3 is 1. The quantitative estimate of drug-likeness (QED) is 0.792. The fourth-order valence-corrected chi connectivity index (χ4v) is 8.37. The molecule has 2 heteroatoms. The van der Waals surface area contributed by atoms with Crippen LogP contribution in [0.5, 0.6) is 0 Å². The molecule has 1 spiro atoms. The highest BCUT2D eigenvalue weighted by atomic mass is 16.5. The molecule has 0 aromatic carbocycles. The topological polar surface area (TPSA) is 29.5 Å². The number of hydrogen-bond donors (Lipinski definition) is 1. The second kappa shape index (κ2) is 4.97. The van der Waals surface area contributed by atoms with Crippen LogP contribution in [0.4, 0.5) is 0 Å². The first kappa shape index (κ1) is 16.4. The van der Waals surface area contributed by atoms with Crippen molar-refractivity contribution in [3.8, 4) is 0 Å². The maximum absolute atomic E-state index is 11.3. The van der Waals surface area contributed by atoms with Crippen molar-refractivity contribution in [2.45, 2.75) is 84.2 Å². The molecule has 0 heterocycles. The van der Waals surface area contributed by atoms with Crippen LogP contribution in [0.25, 0.3) is 0 Å². The summed E-state index contributed by atoms with van der Waals surface area (Å²) in [5.74, 6) is 2.19. The number of aliphatic hydroxyl groups is 1. The molecule has 23 heavy (non-hydrogen) atoms. The van der Waals surface area contributed by atoms with E-state index >= 15 is 0 Å². The maximum Gasteiger partial charge on any atom is 0.0913 e. The average Bonchev–Trinajstić information content (AvgIpc) is 2.64. The Morgan fingerprint density at radius 3 is 2.52 bits per heavy atom. The lowest BCUT2D eigenvalue weighted by molar-refractivity contribution is -0.145. The monoisotopic (exact) mass is 320 g/mol. The number of hydrogen-bond acceptors (Lipinski definition) is 2. The van der Waals surface area contributed by atoms with Gasteiger partial charge < -0.3 is 9.84 Å². The Balaban J connectivity index is 1.69. The average molecular weight is 321 g/mol. The molecule has 0 saturated heterocycles. The third-order valence-corrected chi connectivity index (χ3v) is 9.01. The van der Waals surface area contributed by atoms with Crippen molar-refractivity contribution in [3.05, 3.63) is 0 Å². The fourth-order valence-electron chi connectivity index (χ4n) is 8.37. The smallest absolute Gasteiger partial charge is 0.0913 e. The minimum absolute atomic E-state index is 0.412. The lowest BCUT2D eigenvalue weighted by Crippen LogP contribution is -2.55. The van der Waals surface area contributed by atoms with Crippen LogP contribution in [0.2, 0.25) is 0 Å². The number of fused-ring (bicyclic) bond motifs is 3. The molecule has 6 atom stereocenters. The van der Waals surface area contributed by atoms with Crippen molar-refractivity contribution in [3.63, 3.8) is 0 Å². The van der Waals surface area contributed by atoms with Crippen LogP contribution < -0.4 is 0 Å². The van der Waals surface area contributed by atoms with Crippen molar-refractivity contribution in [2.24, 2.45) is 34.0 Å². The van der Waals surface area contributed by atoms with Crippen LogP contribution in [0.3, 0.4) is 0 Å². The molecule has 4 saturated carbocycles. The van der Waals surface area contributed by atoms with Crippen LogP contribution in [0.15, 0.2) is 0 Å². The summed E-state index contributed by atoms with van der Waals surface area (Å²) in [6.07, 6.45) is 11.8. The third kappa shape index (κ3) is 2.13. The molecule has 1 N–H and O–H groups in total. The molecule has 0 aromatic rings. The van der Waals surface area contributed by atoms with E-state index < -0.39 is 5.60 Å². The van der Waals surface area contributed by atoms with E-state index in [2.05, 4.69) is 20.8 Å². The van der Waals surface area contributed by atoms with E-state index in [-0.39, 0.29) is 0 Å². The maximum atomic E-state index is 11.3. The summed E-state index contributed by atoms with van der Waals surface area (Å²) < 4.78 is 5.43. The minimum atomic E-state index is -0.545. The standard InChI is InChI=1S/C21H36O2/c1-18(2)9-5-10-19(3)16(18)8-11-20-12-15(6-7-17(19)20)21(22,13-20)14-23-4/h15-17,22H,5-14H2,1-4H3/t15-,16-,17+,19-,20+,21-/m1/s1. The molecule has 0 amide bonds. The Morgan fingerprint density at radius 1 is 1.00 bits per heavy atom. The highest BCUT2D eigenvalue weighted by Crippen LogP contribution is 2.72. The Labute approximate surface area is 142 Å². The summed E-state index contributed by atoms with van der Waals surface area (Å²) in [6, 6.07) is 0. The number of rotatable bonds is 2. The van der Waals surface area contributed by atoms with Gasteiger partial charge in [-0.15, -0.1) is 0 Å². The van der Waals surface area contributed by atoms with Gasteiger partial charge in [0.15, 0.2) is 0 Å². The van der Waals surface area contributed by atoms with Gasteiger partial charge in [0, 0.05) is 7.11 Å². The number of ether oxygens (including phenoxy) is 1. The Bertz CT molecular complexity index is 486. The van der Waals surface area contributed by atoms with E-state index in [9.17, 15) is 5.11 Å². The fraction of sp³-hybridized carbons (Fsp3) is 1.00. The minimum Gasteiger partial charge on any atom is -0.387 e. The third-order valence-electron chi connectivity index (χ3n) is 9.01. The highest BCUT2D eigenvalue weighted by Gasteiger charge is 2.66. The summed E-state index contributed by atoms with van der Waals surface area (Å²) in [6.45, 7) is 8.21. The lowest BCUT2D eigenvalue weighted by atomic mass is 9.41. The van der Waals surface area contributed by atoms with Crippen LogP contribution in [0, 0.1) is 34.0 Å². The van der Waals surface area contributed by atoms with Crippen molar-refractivity contribution in [1.82, 2.24) is 0 Å². The van der Waals surface area contributed by atoms with Crippen LogP contribution in [-0.2, 0) is 4.74 Å². The molecule has 0 aliphatic heterocycles. The molecular weight excluding hydrogens is 284 g/mol. The molecule has 2 bridgehead atoms. The molecule has 0 aromatic heterocycles. The van der Waals surface area contributed by atoms with Gasteiger partial charge in [-0.25, -0.2) is 0 Å². The molecule has 4 fully saturated rings. The van der Waals surface area contributed by atoms with Gasteiger partial charge in [-0.1, -0.05) is 27.2 Å². The van der Waals surface area contributed by atoms with Crippen molar-refractivity contribution >= 4 is 0 Å². The zero-order valence-electron chi connectivity index (χ0n) is 15.7. The van der Waals surface area contributed by atoms with Crippen molar-refractivity contribution < 1.29 is 9.84 Å². The van der Waals surface area contributed by atoms with Crippen molar-refractivity contribution in [1.29, 1.82) is 0 Å². The van der Waals surface area contributed by atoms with Crippen LogP contribution in [0.1, 0.15) is 78.6 Å².